The molecule has 1 unspecified atom stereocenters. The Hall–Kier alpha value is -0.820. The molecular formula is C8H14NO5+. The fraction of sp³-hybridized carbons (Fsp3) is 0.750. The predicted octanol–water partition coefficient (Wildman–Crippen LogP) is -2.39. The minimum absolute atomic E-state index is 0.0741. The summed E-state index contributed by atoms with van der Waals surface area (Å²) in [6, 6.07) is 0. The zero-order valence-corrected chi connectivity index (χ0v) is 7.72. The molecule has 0 bridgehead atoms. The number of rotatable bonds is 4. The average molecular weight is 204 g/mol. The first kappa shape index (κ1) is 11.3. The summed E-state index contributed by atoms with van der Waals surface area (Å²) in [5.41, 5.74) is 0. The lowest BCUT2D eigenvalue weighted by molar-refractivity contribution is -0.775. The molecule has 14 heavy (non-hydrogen) atoms. The lowest BCUT2D eigenvalue weighted by Gasteiger charge is -2.26. The van der Waals surface area contributed by atoms with Crippen molar-refractivity contribution in [3.8, 4) is 0 Å². The van der Waals surface area contributed by atoms with Gasteiger partial charge < -0.3 is 15.3 Å². The second-order valence-electron chi connectivity index (χ2n) is 3.31. The first-order valence-corrected chi connectivity index (χ1v) is 4.43. The highest BCUT2D eigenvalue weighted by Gasteiger charge is 2.54. The van der Waals surface area contributed by atoms with Crippen LogP contribution in [0.25, 0.3) is 0 Å². The number of nitrogens with zero attached hydrogens (tertiary/aromatic N) is 1. The van der Waals surface area contributed by atoms with Gasteiger partial charge in [-0.2, -0.15) is 4.48 Å². The molecule has 1 heterocycles. The molecule has 1 aliphatic rings. The highest BCUT2D eigenvalue weighted by atomic mass is 16.3. The molecule has 0 aromatic carbocycles. The topological polar surface area (TPSA) is 94.8 Å². The van der Waals surface area contributed by atoms with Gasteiger partial charge in [-0.25, -0.2) is 9.59 Å². The molecule has 0 aromatic heterocycles. The van der Waals surface area contributed by atoms with E-state index in [9.17, 15) is 14.7 Å². The SMILES string of the molecule is O=C1CC(O)C(=O)[N+]1(CCO)CCO. The summed E-state index contributed by atoms with van der Waals surface area (Å²) < 4.78 is -0.631. The Kier molecular flexibility index (Phi) is 3.33. The Morgan fingerprint density at radius 3 is 2.00 bits per heavy atom. The van der Waals surface area contributed by atoms with E-state index in [0.29, 0.717) is 0 Å². The molecule has 1 saturated heterocycles. The number of likely N-dealkylation sites (tertiary alicyclic amines) is 1. The molecule has 3 N–H and O–H groups in total. The van der Waals surface area contributed by atoms with Crippen molar-refractivity contribution in [2.45, 2.75) is 12.5 Å². The normalized spacial score (nSPS) is 25.8. The third-order valence-corrected chi connectivity index (χ3v) is 2.52. The average Bonchev–Trinajstić information content (AvgIpc) is 2.33. The Labute approximate surface area is 81.0 Å². The standard InChI is InChI=1S/C8H14NO5/c10-3-1-9(2-4-11)7(13)5-6(12)8(9)14/h6,10-12H,1-5H2/q+1. The molecule has 80 valence electrons. The molecule has 1 atom stereocenters. The third-order valence-electron chi connectivity index (χ3n) is 2.52. The summed E-state index contributed by atoms with van der Waals surface area (Å²) in [5, 5.41) is 26.7. The van der Waals surface area contributed by atoms with Gasteiger partial charge in [0.2, 0.25) is 0 Å². The van der Waals surface area contributed by atoms with Crippen LogP contribution in [-0.2, 0) is 9.59 Å². The number of amides is 2. The highest BCUT2D eigenvalue weighted by molar-refractivity contribution is 5.95. The number of carbonyl (C=O) groups is 2. The van der Waals surface area contributed by atoms with Crippen molar-refractivity contribution in [1.29, 1.82) is 0 Å². The second-order valence-corrected chi connectivity index (χ2v) is 3.31. The van der Waals surface area contributed by atoms with Crippen molar-refractivity contribution in [2.24, 2.45) is 0 Å². The van der Waals surface area contributed by atoms with E-state index in [1.807, 2.05) is 0 Å². The van der Waals surface area contributed by atoms with Gasteiger partial charge in [0.15, 0.2) is 6.10 Å². The van der Waals surface area contributed by atoms with E-state index in [0.717, 1.165) is 0 Å². The molecule has 0 saturated carbocycles. The summed E-state index contributed by atoms with van der Waals surface area (Å²) in [6.07, 6.45) is -1.51. The Balaban J connectivity index is 2.94. The lowest BCUT2D eigenvalue weighted by Crippen LogP contribution is -2.56. The fourth-order valence-electron chi connectivity index (χ4n) is 1.76. The van der Waals surface area contributed by atoms with Crippen LogP contribution in [0.2, 0.25) is 0 Å². The van der Waals surface area contributed by atoms with Crippen LogP contribution in [0.15, 0.2) is 0 Å². The van der Waals surface area contributed by atoms with E-state index < -0.39 is 22.4 Å². The predicted molar refractivity (Wildman–Crippen MR) is 44.8 cm³/mol. The van der Waals surface area contributed by atoms with Crippen LogP contribution in [0, 0.1) is 0 Å². The van der Waals surface area contributed by atoms with Crippen molar-refractivity contribution in [3.63, 3.8) is 0 Å². The number of carbonyl (C=O) groups excluding carboxylic acids is 2. The minimum atomic E-state index is -1.29. The molecule has 0 radical (unpaired) electrons. The van der Waals surface area contributed by atoms with Crippen molar-refractivity contribution in [2.75, 3.05) is 26.3 Å². The zero-order valence-electron chi connectivity index (χ0n) is 7.72. The van der Waals surface area contributed by atoms with Crippen LogP contribution in [0.5, 0.6) is 0 Å². The van der Waals surface area contributed by atoms with Gasteiger partial charge in [0.1, 0.15) is 19.5 Å². The van der Waals surface area contributed by atoms with Crippen LogP contribution < -0.4 is 0 Å². The molecule has 2 amide bonds. The van der Waals surface area contributed by atoms with Gasteiger partial charge in [-0.3, -0.25) is 0 Å². The van der Waals surface area contributed by atoms with Gasteiger partial charge in [0.05, 0.1) is 13.2 Å². The van der Waals surface area contributed by atoms with Gasteiger partial charge in [-0.15, -0.1) is 0 Å². The van der Waals surface area contributed by atoms with Gasteiger partial charge in [-0.1, -0.05) is 0 Å². The fourth-order valence-corrected chi connectivity index (χ4v) is 1.76. The third kappa shape index (κ3) is 1.57. The largest absolute Gasteiger partial charge is 0.390 e. The van der Waals surface area contributed by atoms with Gasteiger partial charge in [-0.05, 0) is 0 Å². The summed E-state index contributed by atoms with van der Waals surface area (Å²) in [6.45, 7) is -0.807. The maximum absolute atomic E-state index is 11.5. The molecule has 6 heteroatoms. The van der Waals surface area contributed by atoms with Crippen LogP contribution in [-0.4, -0.2) is 64.0 Å². The van der Waals surface area contributed by atoms with E-state index in [4.69, 9.17) is 10.2 Å². The van der Waals surface area contributed by atoms with Crippen LogP contribution in [0.4, 0.5) is 0 Å². The number of aliphatic hydroxyl groups excluding tert-OH is 3. The molecule has 0 spiro atoms. The molecule has 1 fully saturated rings. The van der Waals surface area contributed by atoms with E-state index >= 15 is 0 Å². The first-order chi connectivity index (χ1) is 6.58. The molecule has 1 rings (SSSR count). The molecule has 0 aromatic rings. The van der Waals surface area contributed by atoms with Gasteiger partial charge in [0, 0.05) is 0 Å². The summed E-state index contributed by atoms with van der Waals surface area (Å²) in [7, 11) is 0. The zero-order chi connectivity index (χ0) is 10.8. The smallest absolute Gasteiger partial charge is 0.350 e. The van der Waals surface area contributed by atoms with E-state index in [1.165, 1.54) is 0 Å². The number of hydrogen-bond donors (Lipinski definition) is 3. The van der Waals surface area contributed by atoms with Gasteiger partial charge >= 0.3 is 11.8 Å². The van der Waals surface area contributed by atoms with Crippen LogP contribution in [0.1, 0.15) is 6.42 Å². The maximum Gasteiger partial charge on any atom is 0.350 e. The van der Waals surface area contributed by atoms with Crippen LogP contribution in [0.3, 0.4) is 0 Å². The number of hydrogen-bond acceptors (Lipinski definition) is 5. The Morgan fingerprint density at radius 2 is 1.71 bits per heavy atom. The molecular weight excluding hydrogens is 190 g/mol. The molecule has 0 aliphatic carbocycles. The maximum atomic E-state index is 11.5. The van der Waals surface area contributed by atoms with Crippen LogP contribution >= 0.6 is 0 Å². The molecule has 1 aliphatic heterocycles. The number of quaternary nitrogens is 1. The summed E-state index contributed by atoms with van der Waals surface area (Å²) >= 11 is 0. The van der Waals surface area contributed by atoms with Crippen molar-refractivity contribution < 1.29 is 29.4 Å². The van der Waals surface area contributed by atoms with Gasteiger partial charge in [0.25, 0.3) is 0 Å². The van der Waals surface area contributed by atoms with E-state index in [-0.39, 0.29) is 32.7 Å². The minimum Gasteiger partial charge on any atom is -0.390 e. The van der Waals surface area contributed by atoms with E-state index in [2.05, 4.69) is 0 Å². The summed E-state index contributed by atoms with van der Waals surface area (Å²) in [4.78, 5) is 23.0. The number of imide groups is 1. The van der Waals surface area contributed by atoms with Crippen molar-refractivity contribution in [1.82, 2.24) is 0 Å². The summed E-state index contributed by atoms with van der Waals surface area (Å²) in [5.74, 6) is -1.07. The molecule has 6 nitrogen and oxygen atoms in total. The van der Waals surface area contributed by atoms with Crippen molar-refractivity contribution in [3.05, 3.63) is 0 Å². The lowest BCUT2D eigenvalue weighted by atomic mass is 10.3. The Morgan fingerprint density at radius 1 is 1.21 bits per heavy atom. The van der Waals surface area contributed by atoms with Crippen molar-refractivity contribution >= 4 is 11.8 Å². The monoisotopic (exact) mass is 204 g/mol. The Bertz CT molecular complexity index is 246. The quantitative estimate of drug-likeness (QED) is 0.351. The first-order valence-electron chi connectivity index (χ1n) is 4.43. The second kappa shape index (κ2) is 4.14. The number of aliphatic hydroxyl groups is 3. The highest BCUT2D eigenvalue weighted by Crippen LogP contribution is 2.22. The van der Waals surface area contributed by atoms with E-state index in [1.54, 1.807) is 0 Å².